The number of halogens is 1. The minimum Gasteiger partial charge on any atom is -0.379 e. The van der Waals surface area contributed by atoms with Crippen LogP contribution in [0.2, 0.25) is 0 Å². The molecule has 0 aliphatic carbocycles. The van der Waals surface area contributed by atoms with Crippen LogP contribution in [0.15, 0.2) is 44.5 Å². The highest BCUT2D eigenvalue weighted by Crippen LogP contribution is 2.36. The molecule has 2 aromatic rings. The number of Topliss-reactive ketones (excluding diaryl/α,β-unsaturated/α-hetero) is 1. The third-order valence-corrected chi connectivity index (χ3v) is 5.11. The summed E-state index contributed by atoms with van der Waals surface area (Å²) in [7, 11) is 0. The fourth-order valence-corrected chi connectivity index (χ4v) is 4.11. The van der Waals surface area contributed by atoms with Gasteiger partial charge in [0, 0.05) is 22.7 Å². The summed E-state index contributed by atoms with van der Waals surface area (Å²) in [6, 6.07) is 7.57. The second-order valence-electron chi connectivity index (χ2n) is 5.65. The fraction of sp³-hybridized carbons (Fsp3) is 0.312. The zero-order valence-corrected chi connectivity index (χ0v) is 15.0. The largest absolute Gasteiger partial charge is 0.379 e. The molecule has 1 aromatic heterocycles. The normalized spacial score (nSPS) is 21.0. The lowest BCUT2D eigenvalue weighted by molar-refractivity contribution is 0.0957. The quantitative estimate of drug-likeness (QED) is 0.803. The maximum absolute atomic E-state index is 12.2. The van der Waals surface area contributed by atoms with Crippen LogP contribution in [-0.4, -0.2) is 21.9 Å². The number of nitrogens with zero attached hydrogens (tertiary/aromatic N) is 2. The van der Waals surface area contributed by atoms with Crippen molar-refractivity contribution in [2.75, 3.05) is 5.75 Å². The lowest BCUT2D eigenvalue weighted by atomic mass is 9.88. The first-order chi connectivity index (χ1) is 11.0. The Morgan fingerprint density at radius 1 is 1.48 bits per heavy atom. The summed E-state index contributed by atoms with van der Waals surface area (Å²) < 4.78 is 5.85. The predicted molar refractivity (Wildman–Crippen MR) is 94.7 cm³/mol. The van der Waals surface area contributed by atoms with Crippen LogP contribution in [-0.2, 0) is 12.0 Å². The molecule has 0 saturated heterocycles. The number of rotatable bonds is 4. The van der Waals surface area contributed by atoms with E-state index >= 15 is 0 Å². The molecule has 3 rings (SSSR count). The van der Waals surface area contributed by atoms with Crippen LogP contribution >= 0.6 is 27.7 Å². The van der Waals surface area contributed by atoms with Gasteiger partial charge in [0.2, 0.25) is 11.5 Å². The van der Waals surface area contributed by atoms with Crippen LogP contribution in [0, 0.1) is 0 Å². The van der Waals surface area contributed by atoms with Gasteiger partial charge in [0.15, 0.2) is 5.17 Å². The highest BCUT2D eigenvalue weighted by molar-refractivity contribution is 9.10. The van der Waals surface area contributed by atoms with E-state index < -0.39 is 0 Å². The zero-order valence-electron chi connectivity index (χ0n) is 12.6. The second kappa shape index (κ2) is 6.49. The molecule has 1 aliphatic heterocycles. The summed E-state index contributed by atoms with van der Waals surface area (Å²) in [5.41, 5.74) is 7.50. The molecule has 1 aromatic carbocycles. The molecule has 0 bridgehead atoms. The van der Waals surface area contributed by atoms with Crippen molar-refractivity contribution < 1.29 is 9.32 Å². The molecule has 0 amide bonds. The number of aliphatic imine (C=N–C) groups is 1. The molecule has 0 radical (unpaired) electrons. The van der Waals surface area contributed by atoms with Gasteiger partial charge < -0.3 is 10.3 Å². The number of nitrogens with two attached hydrogens (primary N) is 1. The van der Waals surface area contributed by atoms with Gasteiger partial charge in [0.05, 0.1) is 11.7 Å². The van der Waals surface area contributed by atoms with Crippen molar-refractivity contribution in [1.82, 2.24) is 5.16 Å². The Balaban J connectivity index is 1.90. The Labute approximate surface area is 146 Å². The number of amidine groups is 1. The lowest BCUT2D eigenvalue weighted by Crippen LogP contribution is -2.28. The van der Waals surface area contributed by atoms with Crippen LogP contribution < -0.4 is 5.73 Å². The Hall–Kier alpha value is -1.60. The maximum Gasteiger partial charge on any atom is 0.205 e. The average molecular weight is 394 g/mol. The molecule has 23 heavy (non-hydrogen) atoms. The molecular weight excluding hydrogens is 378 g/mol. The molecule has 1 atom stereocenters. The van der Waals surface area contributed by atoms with Crippen molar-refractivity contribution in [2.45, 2.75) is 25.3 Å². The second-order valence-corrected chi connectivity index (χ2v) is 7.68. The molecule has 1 unspecified atom stereocenters. The maximum atomic E-state index is 12.2. The first-order valence-corrected chi connectivity index (χ1v) is 8.96. The Bertz CT molecular complexity index is 761. The van der Waals surface area contributed by atoms with Crippen LogP contribution in [0.1, 0.15) is 35.0 Å². The molecule has 0 fully saturated rings. The first-order valence-electron chi connectivity index (χ1n) is 7.18. The Morgan fingerprint density at radius 2 is 2.30 bits per heavy atom. The van der Waals surface area contributed by atoms with E-state index in [-0.39, 0.29) is 23.5 Å². The summed E-state index contributed by atoms with van der Waals surface area (Å²) >= 11 is 5.10. The van der Waals surface area contributed by atoms with Gasteiger partial charge in [-0.1, -0.05) is 38.9 Å². The van der Waals surface area contributed by atoms with E-state index in [0.717, 1.165) is 27.8 Å². The van der Waals surface area contributed by atoms with Gasteiger partial charge in [0.1, 0.15) is 0 Å². The van der Waals surface area contributed by atoms with Gasteiger partial charge >= 0.3 is 0 Å². The van der Waals surface area contributed by atoms with E-state index in [1.54, 1.807) is 17.8 Å². The number of ketones is 1. The van der Waals surface area contributed by atoms with Gasteiger partial charge in [-0.05, 0) is 36.6 Å². The molecule has 0 spiro atoms. The molecule has 1 aliphatic rings. The molecule has 7 heteroatoms. The number of carbonyl (C=O) groups excluding carboxylic acids is 1. The minimum atomic E-state index is -0.358. The van der Waals surface area contributed by atoms with Gasteiger partial charge in [-0.3, -0.25) is 9.79 Å². The average Bonchev–Trinajstić information content (AvgIpc) is 3.00. The van der Waals surface area contributed by atoms with Crippen molar-refractivity contribution in [1.29, 1.82) is 0 Å². The Morgan fingerprint density at radius 3 is 3.00 bits per heavy atom. The van der Waals surface area contributed by atoms with Crippen molar-refractivity contribution in [2.24, 2.45) is 10.7 Å². The summed E-state index contributed by atoms with van der Waals surface area (Å²) in [5.74, 6) is 1.11. The summed E-state index contributed by atoms with van der Waals surface area (Å²) in [5, 5.41) is 4.18. The predicted octanol–water partition coefficient (Wildman–Crippen LogP) is 3.53. The number of hydrogen-bond acceptors (Lipinski definition) is 6. The SMILES string of the molecule is CC1(c2cc(Br)cc(CC(=O)c3ccno3)c2)CCSC(N)=N1. The third kappa shape index (κ3) is 3.67. The number of benzene rings is 1. The van der Waals surface area contributed by atoms with Crippen LogP contribution in [0.25, 0.3) is 0 Å². The first kappa shape index (κ1) is 16.3. The van der Waals surface area contributed by atoms with Crippen LogP contribution in [0.5, 0.6) is 0 Å². The molecule has 2 N–H and O–H groups in total. The standard InChI is InChI=1S/C16H16BrN3O2S/c1-16(3-5-23-15(18)20-16)11-6-10(7-12(17)9-11)8-13(21)14-2-4-19-22-14/h2,4,6-7,9H,3,5,8H2,1H3,(H2,18,20). The van der Waals surface area contributed by atoms with Crippen molar-refractivity contribution in [3.8, 4) is 0 Å². The fourth-order valence-electron chi connectivity index (χ4n) is 2.59. The summed E-state index contributed by atoms with van der Waals surface area (Å²) in [4.78, 5) is 16.8. The van der Waals surface area contributed by atoms with Crippen molar-refractivity contribution >= 4 is 38.6 Å². The summed E-state index contributed by atoms with van der Waals surface area (Å²) in [6.07, 6.45) is 2.63. The van der Waals surface area contributed by atoms with Crippen LogP contribution in [0.3, 0.4) is 0 Å². The Kier molecular flexibility index (Phi) is 4.59. The van der Waals surface area contributed by atoms with E-state index in [1.165, 1.54) is 6.20 Å². The van der Waals surface area contributed by atoms with E-state index in [9.17, 15) is 4.79 Å². The smallest absolute Gasteiger partial charge is 0.205 e. The molecule has 5 nitrogen and oxygen atoms in total. The van der Waals surface area contributed by atoms with E-state index in [0.29, 0.717) is 5.17 Å². The topological polar surface area (TPSA) is 81.5 Å². The molecule has 2 heterocycles. The zero-order chi connectivity index (χ0) is 16.4. The van der Waals surface area contributed by atoms with Crippen molar-refractivity contribution in [3.05, 3.63) is 51.8 Å². The number of hydrogen-bond donors (Lipinski definition) is 1. The number of carbonyl (C=O) groups is 1. The minimum absolute atomic E-state index is 0.0982. The summed E-state index contributed by atoms with van der Waals surface area (Å²) in [6.45, 7) is 2.07. The molecular formula is C16H16BrN3O2S. The molecule has 120 valence electrons. The van der Waals surface area contributed by atoms with Gasteiger partial charge in [-0.15, -0.1) is 0 Å². The monoisotopic (exact) mass is 393 g/mol. The highest BCUT2D eigenvalue weighted by Gasteiger charge is 2.30. The van der Waals surface area contributed by atoms with E-state index in [2.05, 4.69) is 33.0 Å². The van der Waals surface area contributed by atoms with Gasteiger partial charge in [-0.25, -0.2) is 0 Å². The molecule has 0 saturated carbocycles. The van der Waals surface area contributed by atoms with E-state index in [1.807, 2.05) is 18.2 Å². The van der Waals surface area contributed by atoms with Gasteiger partial charge in [-0.2, -0.15) is 0 Å². The van der Waals surface area contributed by atoms with Gasteiger partial charge in [0.25, 0.3) is 0 Å². The van der Waals surface area contributed by atoms with E-state index in [4.69, 9.17) is 10.3 Å². The van der Waals surface area contributed by atoms with Crippen LogP contribution in [0.4, 0.5) is 0 Å². The van der Waals surface area contributed by atoms with Crippen molar-refractivity contribution in [3.63, 3.8) is 0 Å². The number of thioether (sulfide) groups is 1. The lowest BCUT2D eigenvalue weighted by Gasteiger charge is -2.30. The number of aromatic nitrogens is 1. The third-order valence-electron chi connectivity index (χ3n) is 3.85. The highest BCUT2D eigenvalue weighted by atomic mass is 79.9.